The predicted molar refractivity (Wildman–Crippen MR) is 150 cm³/mol. The lowest BCUT2D eigenvalue weighted by Gasteiger charge is -2.25. The second-order valence-corrected chi connectivity index (χ2v) is 10.4. The maximum Gasteiger partial charge on any atom is 0.326 e. The third-order valence-electron chi connectivity index (χ3n) is 5.39. The van der Waals surface area contributed by atoms with Crippen LogP contribution in [0.3, 0.4) is 0 Å². The van der Waals surface area contributed by atoms with Crippen molar-refractivity contribution in [1.82, 2.24) is 25.9 Å². The van der Waals surface area contributed by atoms with Gasteiger partial charge < -0.3 is 43.2 Å². The maximum absolute atomic E-state index is 13.2. The molecule has 1 heterocycles. The second-order valence-electron chi connectivity index (χ2n) is 8.42. The Bertz CT molecular complexity index is 913. The zero-order valence-corrected chi connectivity index (χ0v) is 23.3. The van der Waals surface area contributed by atoms with Gasteiger partial charge in [0.05, 0.1) is 12.4 Å². The van der Waals surface area contributed by atoms with Crippen molar-refractivity contribution < 1.29 is 24.3 Å². The lowest BCUT2D eigenvalue weighted by atomic mass is 10.1. The molecule has 1 aromatic rings. The molecule has 214 valence electrons. The molecule has 1 rings (SSSR count). The van der Waals surface area contributed by atoms with Crippen molar-refractivity contribution in [2.75, 3.05) is 30.6 Å². The van der Waals surface area contributed by atoms with Gasteiger partial charge in [0.25, 0.3) is 0 Å². The number of thioether (sulfide) groups is 2. The number of carbonyl (C=O) groups is 4. The average molecular weight is 574 g/mol. The van der Waals surface area contributed by atoms with Gasteiger partial charge in [-0.15, -0.1) is 0 Å². The zero-order chi connectivity index (χ0) is 28.5. The summed E-state index contributed by atoms with van der Waals surface area (Å²) in [5.41, 5.74) is 17.1. The van der Waals surface area contributed by atoms with Crippen molar-refractivity contribution in [3.05, 3.63) is 18.2 Å². The first-order valence-electron chi connectivity index (χ1n) is 12.0. The van der Waals surface area contributed by atoms with Gasteiger partial charge in [0.2, 0.25) is 17.7 Å². The number of hydrogen-bond acceptors (Lipinski definition) is 9. The van der Waals surface area contributed by atoms with Crippen LogP contribution < -0.4 is 33.2 Å². The minimum absolute atomic E-state index is 0.0416. The largest absolute Gasteiger partial charge is 0.480 e. The highest BCUT2D eigenvalue weighted by atomic mass is 32.2. The van der Waals surface area contributed by atoms with E-state index in [0.29, 0.717) is 43.0 Å². The lowest BCUT2D eigenvalue weighted by Crippen LogP contribution is -2.57. The molecule has 0 spiro atoms. The quantitative estimate of drug-likeness (QED) is 0.0531. The van der Waals surface area contributed by atoms with E-state index in [1.165, 1.54) is 36.0 Å². The fraction of sp³-hybridized carbons (Fsp3) is 0.636. The van der Waals surface area contributed by atoms with Crippen molar-refractivity contribution in [1.29, 1.82) is 0 Å². The molecule has 1 aromatic heterocycles. The first-order valence-corrected chi connectivity index (χ1v) is 14.8. The Morgan fingerprint density at radius 2 is 1.55 bits per heavy atom. The monoisotopic (exact) mass is 573 g/mol. The van der Waals surface area contributed by atoms with E-state index < -0.39 is 47.9 Å². The molecule has 16 heteroatoms. The van der Waals surface area contributed by atoms with E-state index in [1.54, 1.807) is 0 Å². The summed E-state index contributed by atoms with van der Waals surface area (Å²) in [6.07, 6.45) is 7.97. The van der Waals surface area contributed by atoms with Gasteiger partial charge >= 0.3 is 5.97 Å². The number of carboxylic acids is 1. The summed E-state index contributed by atoms with van der Waals surface area (Å²) in [7, 11) is 0. The molecule has 0 saturated heterocycles. The van der Waals surface area contributed by atoms with Gasteiger partial charge in [0.15, 0.2) is 5.96 Å². The number of imidazole rings is 1. The van der Waals surface area contributed by atoms with E-state index in [4.69, 9.17) is 17.2 Å². The highest BCUT2D eigenvalue weighted by Crippen LogP contribution is 2.07. The number of aliphatic carboxylic acids is 1. The van der Waals surface area contributed by atoms with Gasteiger partial charge in [0, 0.05) is 24.9 Å². The van der Waals surface area contributed by atoms with E-state index in [0.717, 1.165) is 0 Å². The molecule has 0 aromatic carbocycles. The summed E-state index contributed by atoms with van der Waals surface area (Å²) < 4.78 is 0. The average Bonchev–Trinajstić information content (AvgIpc) is 3.38. The predicted octanol–water partition coefficient (Wildman–Crippen LogP) is -1.62. The van der Waals surface area contributed by atoms with E-state index in [2.05, 4.69) is 30.9 Å². The van der Waals surface area contributed by atoms with Crippen molar-refractivity contribution in [2.24, 2.45) is 22.2 Å². The van der Waals surface area contributed by atoms with Crippen LogP contribution in [0, 0.1) is 0 Å². The molecule has 3 amide bonds. The molecule has 0 aliphatic rings. The second kappa shape index (κ2) is 18.3. The molecular weight excluding hydrogens is 534 g/mol. The topological polar surface area (TPSA) is 244 Å². The lowest BCUT2D eigenvalue weighted by molar-refractivity contribution is -0.142. The summed E-state index contributed by atoms with van der Waals surface area (Å²) in [4.78, 5) is 61.3. The number of aromatic amines is 1. The summed E-state index contributed by atoms with van der Waals surface area (Å²) in [6, 6.07) is -4.06. The van der Waals surface area contributed by atoms with Gasteiger partial charge in [0.1, 0.15) is 18.1 Å². The number of nitrogens with zero attached hydrogens (tertiary/aromatic N) is 2. The van der Waals surface area contributed by atoms with Crippen molar-refractivity contribution >= 4 is 53.2 Å². The highest BCUT2D eigenvalue weighted by molar-refractivity contribution is 7.98. The molecule has 14 nitrogen and oxygen atoms in total. The third-order valence-corrected chi connectivity index (χ3v) is 6.67. The van der Waals surface area contributed by atoms with Crippen LogP contribution in [-0.2, 0) is 25.6 Å². The van der Waals surface area contributed by atoms with Gasteiger partial charge in [-0.2, -0.15) is 23.5 Å². The van der Waals surface area contributed by atoms with E-state index in [1.807, 2.05) is 12.5 Å². The van der Waals surface area contributed by atoms with Crippen LogP contribution in [0.25, 0.3) is 0 Å². The molecule has 4 unspecified atom stereocenters. The molecule has 0 fully saturated rings. The SMILES string of the molecule is CSCCC(NC(=O)C(Cc1cnc[nH]1)NC(=O)C(CCSC)NC(=O)C(N)CCCN=C(N)N)C(=O)O. The molecule has 0 bridgehead atoms. The number of rotatable bonds is 19. The van der Waals surface area contributed by atoms with E-state index in [-0.39, 0.29) is 18.8 Å². The first kappa shape index (κ1) is 33.0. The number of guanidine groups is 1. The molecule has 0 aliphatic carbocycles. The van der Waals surface area contributed by atoms with Crippen molar-refractivity contribution in [2.45, 2.75) is 56.3 Å². The van der Waals surface area contributed by atoms with Gasteiger partial charge in [-0.1, -0.05) is 0 Å². The molecule has 0 saturated carbocycles. The van der Waals surface area contributed by atoms with Crippen molar-refractivity contribution in [3.8, 4) is 0 Å². The fourth-order valence-corrected chi connectivity index (χ4v) is 4.24. The van der Waals surface area contributed by atoms with Gasteiger partial charge in [-0.3, -0.25) is 19.4 Å². The number of carboxylic acid groups (broad SMARTS) is 1. The Hall–Kier alpha value is -2.98. The van der Waals surface area contributed by atoms with Crippen LogP contribution in [0.5, 0.6) is 0 Å². The smallest absolute Gasteiger partial charge is 0.326 e. The molecule has 4 atom stereocenters. The summed E-state index contributed by atoms with van der Waals surface area (Å²) in [5, 5.41) is 17.3. The summed E-state index contributed by atoms with van der Waals surface area (Å²) >= 11 is 2.95. The summed E-state index contributed by atoms with van der Waals surface area (Å²) in [5.74, 6) is -1.89. The molecular formula is C22H39N9O5S2. The van der Waals surface area contributed by atoms with Crippen molar-refractivity contribution in [3.63, 3.8) is 0 Å². The zero-order valence-electron chi connectivity index (χ0n) is 21.6. The molecule has 38 heavy (non-hydrogen) atoms. The number of hydrogen-bond donors (Lipinski definition) is 8. The number of nitrogens with one attached hydrogen (secondary N) is 4. The minimum atomic E-state index is -1.17. The number of H-pyrrole nitrogens is 1. The Kier molecular flexibility index (Phi) is 15.9. The molecule has 0 aliphatic heterocycles. The number of nitrogens with two attached hydrogens (primary N) is 3. The van der Waals surface area contributed by atoms with Gasteiger partial charge in [-0.05, 0) is 49.7 Å². The number of amides is 3. The Morgan fingerprint density at radius 3 is 2.11 bits per heavy atom. The maximum atomic E-state index is 13.2. The van der Waals surface area contributed by atoms with Crippen LogP contribution in [0.15, 0.2) is 17.5 Å². The highest BCUT2D eigenvalue weighted by Gasteiger charge is 2.30. The third kappa shape index (κ3) is 13.0. The van der Waals surface area contributed by atoms with Gasteiger partial charge in [-0.25, -0.2) is 9.78 Å². The Morgan fingerprint density at radius 1 is 0.974 bits per heavy atom. The minimum Gasteiger partial charge on any atom is -0.480 e. The number of aliphatic imine (C=N–C) groups is 1. The van der Waals surface area contributed by atoms with Crippen LogP contribution in [0.4, 0.5) is 0 Å². The van der Waals surface area contributed by atoms with Crippen LogP contribution in [0.2, 0.25) is 0 Å². The normalized spacial score (nSPS) is 14.0. The molecule has 0 radical (unpaired) electrons. The van der Waals surface area contributed by atoms with Crippen LogP contribution in [-0.4, -0.2) is 99.5 Å². The van der Waals surface area contributed by atoms with Crippen LogP contribution in [0.1, 0.15) is 31.4 Å². The standard InChI is InChI=1S/C22H39N9O5S2/c1-37-8-5-15(29-18(32)14(23)4-3-7-27-22(24)25)19(33)31-17(10-13-11-26-12-28-13)20(34)30-16(21(35)36)6-9-38-2/h11-12,14-17H,3-10,23H2,1-2H3,(H,26,28)(H,29,32)(H,30,34)(H,31,33)(H,35,36)(H4,24,25,27). The number of aromatic nitrogens is 2. The fourth-order valence-electron chi connectivity index (χ4n) is 3.30. The van der Waals surface area contributed by atoms with E-state index in [9.17, 15) is 24.3 Å². The number of carbonyl (C=O) groups excluding carboxylic acids is 3. The Labute approximate surface area is 230 Å². The molecule has 11 N–H and O–H groups in total. The van der Waals surface area contributed by atoms with E-state index >= 15 is 0 Å². The first-order chi connectivity index (χ1) is 18.1. The Balaban J connectivity index is 2.95. The summed E-state index contributed by atoms with van der Waals surface area (Å²) in [6.45, 7) is 0.318. The van der Waals surface area contributed by atoms with Crippen LogP contribution >= 0.6 is 23.5 Å².